The minimum Gasteiger partial charge on any atom is -0.495 e. The molecule has 2 aromatic carbocycles. The van der Waals surface area contributed by atoms with Crippen molar-refractivity contribution in [1.29, 1.82) is 0 Å². The zero-order valence-electron chi connectivity index (χ0n) is 13.0. The predicted octanol–water partition coefficient (Wildman–Crippen LogP) is 3.55. The van der Waals surface area contributed by atoms with E-state index in [-0.39, 0.29) is 5.69 Å². The number of rotatable bonds is 4. The number of carbonyl (C=O) groups is 1. The van der Waals surface area contributed by atoms with Gasteiger partial charge in [-0.05, 0) is 12.1 Å². The molecule has 1 N–H and O–H groups in total. The van der Waals surface area contributed by atoms with E-state index in [1.54, 1.807) is 18.2 Å². The van der Waals surface area contributed by atoms with E-state index in [2.05, 4.69) is 15.3 Å². The number of amides is 1. The second-order valence-electron chi connectivity index (χ2n) is 4.89. The molecule has 3 rings (SSSR count). The van der Waals surface area contributed by atoms with E-state index >= 15 is 0 Å². The Morgan fingerprint density at radius 3 is 2.50 bits per heavy atom. The Balaban J connectivity index is 1.93. The number of aromatic nitrogens is 2. The first-order valence-corrected chi connectivity index (χ1v) is 7.45. The number of nitrogens with one attached hydrogen (secondary N) is 1. The average molecular weight is 344 g/mol. The van der Waals surface area contributed by atoms with Crippen LogP contribution in [0.15, 0.2) is 42.6 Å². The van der Waals surface area contributed by atoms with Crippen molar-refractivity contribution < 1.29 is 14.3 Å². The van der Waals surface area contributed by atoms with Crippen LogP contribution in [-0.4, -0.2) is 30.1 Å². The lowest BCUT2D eigenvalue weighted by Gasteiger charge is -2.13. The van der Waals surface area contributed by atoms with Gasteiger partial charge in [0.05, 0.1) is 42.2 Å². The van der Waals surface area contributed by atoms with Crippen LogP contribution >= 0.6 is 11.6 Å². The molecule has 0 spiro atoms. The Bertz CT molecular complexity index is 915. The van der Waals surface area contributed by atoms with Gasteiger partial charge in [0.2, 0.25) is 0 Å². The molecule has 1 heterocycles. The number of hydrogen-bond donors (Lipinski definition) is 1. The van der Waals surface area contributed by atoms with E-state index in [0.717, 1.165) is 5.52 Å². The molecular weight excluding hydrogens is 330 g/mol. The van der Waals surface area contributed by atoms with E-state index in [1.165, 1.54) is 20.4 Å². The van der Waals surface area contributed by atoms with Crippen LogP contribution in [0.1, 0.15) is 10.5 Å². The molecule has 0 saturated carbocycles. The maximum Gasteiger partial charge on any atom is 0.275 e. The zero-order chi connectivity index (χ0) is 17.1. The van der Waals surface area contributed by atoms with Gasteiger partial charge in [0.25, 0.3) is 5.91 Å². The van der Waals surface area contributed by atoms with Gasteiger partial charge >= 0.3 is 0 Å². The normalized spacial score (nSPS) is 10.5. The summed E-state index contributed by atoms with van der Waals surface area (Å²) in [6.07, 6.45) is 1.43. The van der Waals surface area contributed by atoms with E-state index in [9.17, 15) is 4.79 Å². The van der Waals surface area contributed by atoms with Crippen molar-refractivity contribution in [2.75, 3.05) is 19.5 Å². The third-order valence-corrected chi connectivity index (χ3v) is 3.70. The summed E-state index contributed by atoms with van der Waals surface area (Å²) in [5, 5.41) is 3.13. The standard InChI is InChI=1S/C17H14ClN3O3/c1-23-15-8-13(16(24-2)7-10(15)18)21-17(22)14-9-19-11-5-3-4-6-12(11)20-14/h3-9H,1-2H3,(H,21,22). The summed E-state index contributed by atoms with van der Waals surface area (Å²) in [6.45, 7) is 0. The number of benzene rings is 2. The number of ether oxygens (including phenoxy) is 2. The van der Waals surface area contributed by atoms with E-state index < -0.39 is 5.91 Å². The van der Waals surface area contributed by atoms with Crippen molar-refractivity contribution in [3.63, 3.8) is 0 Å². The minimum atomic E-state index is -0.407. The lowest BCUT2D eigenvalue weighted by atomic mass is 10.2. The second kappa shape index (κ2) is 6.72. The van der Waals surface area contributed by atoms with Gasteiger partial charge in [-0.15, -0.1) is 0 Å². The molecule has 0 atom stereocenters. The lowest BCUT2D eigenvalue weighted by Crippen LogP contribution is -2.15. The van der Waals surface area contributed by atoms with Gasteiger partial charge in [-0.2, -0.15) is 0 Å². The topological polar surface area (TPSA) is 73.3 Å². The number of carbonyl (C=O) groups excluding carboxylic acids is 1. The van der Waals surface area contributed by atoms with Crippen LogP contribution in [0.5, 0.6) is 11.5 Å². The molecule has 0 aliphatic rings. The monoisotopic (exact) mass is 343 g/mol. The van der Waals surface area contributed by atoms with Crippen molar-refractivity contribution in [2.24, 2.45) is 0 Å². The van der Waals surface area contributed by atoms with Crippen molar-refractivity contribution in [2.45, 2.75) is 0 Å². The fourth-order valence-corrected chi connectivity index (χ4v) is 2.44. The highest BCUT2D eigenvalue weighted by Gasteiger charge is 2.15. The predicted molar refractivity (Wildman–Crippen MR) is 92.0 cm³/mol. The van der Waals surface area contributed by atoms with Crippen LogP contribution in [0.3, 0.4) is 0 Å². The molecule has 0 saturated heterocycles. The van der Waals surface area contributed by atoms with Gasteiger partial charge in [-0.25, -0.2) is 4.98 Å². The molecule has 6 nitrogen and oxygen atoms in total. The maximum atomic E-state index is 12.5. The molecule has 0 unspecified atom stereocenters. The Kier molecular flexibility index (Phi) is 4.48. The highest BCUT2D eigenvalue weighted by molar-refractivity contribution is 6.32. The lowest BCUT2D eigenvalue weighted by molar-refractivity contribution is 0.102. The van der Waals surface area contributed by atoms with Crippen molar-refractivity contribution >= 4 is 34.2 Å². The first-order valence-electron chi connectivity index (χ1n) is 7.07. The summed E-state index contributed by atoms with van der Waals surface area (Å²) < 4.78 is 10.4. The van der Waals surface area contributed by atoms with Crippen LogP contribution in [0.2, 0.25) is 5.02 Å². The number of nitrogens with zero attached hydrogens (tertiary/aromatic N) is 2. The Morgan fingerprint density at radius 2 is 1.79 bits per heavy atom. The maximum absolute atomic E-state index is 12.5. The molecule has 1 aromatic heterocycles. The number of halogens is 1. The third kappa shape index (κ3) is 3.09. The van der Waals surface area contributed by atoms with E-state index in [0.29, 0.717) is 27.7 Å². The number of anilines is 1. The van der Waals surface area contributed by atoms with Crippen molar-refractivity contribution in [1.82, 2.24) is 9.97 Å². The summed E-state index contributed by atoms with van der Waals surface area (Å²) >= 11 is 6.06. The Hall–Kier alpha value is -2.86. The molecular formula is C17H14ClN3O3. The molecule has 24 heavy (non-hydrogen) atoms. The van der Waals surface area contributed by atoms with Gasteiger partial charge in [0.1, 0.15) is 17.2 Å². The molecule has 0 aliphatic heterocycles. The zero-order valence-corrected chi connectivity index (χ0v) is 13.8. The van der Waals surface area contributed by atoms with Gasteiger partial charge in [0, 0.05) is 12.1 Å². The van der Waals surface area contributed by atoms with Gasteiger partial charge in [-0.3, -0.25) is 9.78 Å². The molecule has 7 heteroatoms. The van der Waals surface area contributed by atoms with Gasteiger partial charge < -0.3 is 14.8 Å². The molecule has 1 amide bonds. The van der Waals surface area contributed by atoms with Crippen LogP contribution in [0.4, 0.5) is 5.69 Å². The number of fused-ring (bicyclic) bond motifs is 1. The SMILES string of the molecule is COc1cc(NC(=O)c2cnc3ccccc3n2)c(OC)cc1Cl. The number of methoxy groups -OCH3 is 2. The Labute approximate surface area is 143 Å². The second-order valence-corrected chi connectivity index (χ2v) is 5.29. The number of para-hydroxylation sites is 2. The third-order valence-electron chi connectivity index (χ3n) is 3.40. The van der Waals surface area contributed by atoms with Crippen molar-refractivity contribution in [3.8, 4) is 11.5 Å². The first-order chi connectivity index (χ1) is 11.6. The summed E-state index contributed by atoms with van der Waals surface area (Å²) in [7, 11) is 2.98. The highest BCUT2D eigenvalue weighted by atomic mass is 35.5. The van der Waals surface area contributed by atoms with Gasteiger partial charge in [0.15, 0.2) is 0 Å². The largest absolute Gasteiger partial charge is 0.495 e. The first kappa shape index (κ1) is 16.0. The summed E-state index contributed by atoms with van der Waals surface area (Å²) in [5.74, 6) is 0.441. The quantitative estimate of drug-likeness (QED) is 0.784. The van der Waals surface area contributed by atoms with Crippen molar-refractivity contribution in [3.05, 3.63) is 53.3 Å². The molecule has 0 fully saturated rings. The van der Waals surface area contributed by atoms with Crippen LogP contribution in [0, 0.1) is 0 Å². The minimum absolute atomic E-state index is 0.199. The van der Waals surface area contributed by atoms with Crippen LogP contribution < -0.4 is 14.8 Å². The van der Waals surface area contributed by atoms with Crippen LogP contribution in [-0.2, 0) is 0 Å². The molecule has 0 radical (unpaired) electrons. The fraction of sp³-hybridized carbons (Fsp3) is 0.118. The smallest absolute Gasteiger partial charge is 0.275 e. The number of hydrogen-bond acceptors (Lipinski definition) is 5. The van der Waals surface area contributed by atoms with Gasteiger partial charge in [-0.1, -0.05) is 23.7 Å². The summed E-state index contributed by atoms with van der Waals surface area (Å²) in [5.41, 5.74) is 1.99. The van der Waals surface area contributed by atoms with E-state index in [1.807, 2.05) is 18.2 Å². The molecule has 0 aliphatic carbocycles. The summed E-state index contributed by atoms with van der Waals surface area (Å²) in [4.78, 5) is 21.0. The average Bonchev–Trinajstić information content (AvgIpc) is 2.62. The highest BCUT2D eigenvalue weighted by Crippen LogP contribution is 2.36. The van der Waals surface area contributed by atoms with Crippen LogP contribution in [0.25, 0.3) is 11.0 Å². The summed E-state index contributed by atoms with van der Waals surface area (Å²) in [6, 6.07) is 10.5. The fourth-order valence-electron chi connectivity index (χ4n) is 2.21. The molecule has 3 aromatic rings. The molecule has 0 bridgehead atoms. The molecule has 122 valence electrons. The Morgan fingerprint density at radius 1 is 1.08 bits per heavy atom. The van der Waals surface area contributed by atoms with E-state index in [4.69, 9.17) is 21.1 Å².